The van der Waals surface area contributed by atoms with Gasteiger partial charge in [-0.05, 0) is 58.2 Å². The monoisotopic (exact) mass is 418 g/mol. The average molecular weight is 419 g/mol. The van der Waals surface area contributed by atoms with Crippen LogP contribution in [0.3, 0.4) is 0 Å². The van der Waals surface area contributed by atoms with Gasteiger partial charge in [-0.25, -0.2) is 4.98 Å². The summed E-state index contributed by atoms with van der Waals surface area (Å²) in [7, 11) is 2.13. The molecule has 5 rings (SSSR count). The topological polar surface area (TPSA) is 79.0 Å². The molecule has 0 amide bonds. The lowest BCUT2D eigenvalue weighted by Gasteiger charge is -2.49. The molecule has 4 heterocycles. The maximum absolute atomic E-state index is 6.07. The summed E-state index contributed by atoms with van der Waals surface area (Å²) in [6.07, 6.45) is 7.71. The Balaban J connectivity index is 1.43. The molecule has 7 nitrogen and oxygen atoms in total. The Morgan fingerprint density at radius 3 is 2.55 bits per heavy atom. The summed E-state index contributed by atoms with van der Waals surface area (Å²) in [6, 6.07) is 6.58. The van der Waals surface area contributed by atoms with Crippen molar-refractivity contribution in [3.63, 3.8) is 0 Å². The van der Waals surface area contributed by atoms with Crippen molar-refractivity contribution in [2.45, 2.75) is 64.3 Å². The van der Waals surface area contributed by atoms with Crippen molar-refractivity contribution in [3.8, 4) is 28.1 Å². The minimum Gasteiger partial charge on any atom is -0.486 e. The lowest BCUT2D eigenvalue weighted by molar-refractivity contribution is 0.160. The number of benzene rings is 1. The quantitative estimate of drug-likeness (QED) is 0.665. The predicted octanol–water partition coefficient (Wildman–Crippen LogP) is 4.17. The highest BCUT2D eigenvalue weighted by molar-refractivity contribution is 5.76. The highest BCUT2D eigenvalue weighted by atomic mass is 16.5. The summed E-state index contributed by atoms with van der Waals surface area (Å²) in [5.41, 5.74) is 5.04. The summed E-state index contributed by atoms with van der Waals surface area (Å²) < 4.78 is 6.07. The molecule has 0 radical (unpaired) electrons. The molecule has 162 valence electrons. The zero-order chi connectivity index (χ0) is 21.8. The summed E-state index contributed by atoms with van der Waals surface area (Å²) in [5.74, 6) is 1.74. The maximum atomic E-state index is 6.07. The van der Waals surface area contributed by atoms with Crippen molar-refractivity contribution in [2.24, 2.45) is 0 Å². The number of nitrogens with one attached hydrogen (secondary N) is 2. The fraction of sp³-hybridized carbons (Fsp3) is 0.458. The van der Waals surface area contributed by atoms with Crippen LogP contribution in [0.1, 0.15) is 46.2 Å². The van der Waals surface area contributed by atoms with Gasteiger partial charge in [-0.15, -0.1) is 0 Å². The lowest BCUT2D eigenvalue weighted by atomic mass is 9.79. The van der Waals surface area contributed by atoms with Crippen LogP contribution in [-0.2, 0) is 6.61 Å². The highest BCUT2D eigenvalue weighted by Crippen LogP contribution is 2.39. The first kappa shape index (κ1) is 20.0. The molecule has 31 heavy (non-hydrogen) atoms. The van der Waals surface area contributed by atoms with Crippen LogP contribution in [0.4, 0.5) is 5.82 Å². The van der Waals surface area contributed by atoms with Crippen LogP contribution in [-0.4, -0.2) is 44.3 Å². The molecule has 2 aliphatic heterocycles. The minimum absolute atomic E-state index is 0.0804. The second-order valence-corrected chi connectivity index (χ2v) is 10.1. The third-order valence-corrected chi connectivity index (χ3v) is 6.34. The molecule has 0 saturated carbocycles. The number of hydrogen-bond donors (Lipinski definition) is 2. The molecule has 1 aromatic carbocycles. The molecule has 2 N–H and O–H groups in total. The van der Waals surface area contributed by atoms with Crippen LogP contribution in [0.2, 0.25) is 0 Å². The van der Waals surface area contributed by atoms with Crippen LogP contribution < -0.4 is 15.0 Å². The highest BCUT2D eigenvalue weighted by Gasteiger charge is 2.39. The minimum atomic E-state index is 0.0804. The number of hydrogen-bond acceptors (Lipinski definition) is 6. The van der Waals surface area contributed by atoms with E-state index < -0.39 is 0 Å². The number of nitrogens with zero attached hydrogens (tertiary/aromatic N) is 4. The number of fused-ring (bicyclic) bond motifs is 3. The van der Waals surface area contributed by atoms with E-state index in [0.29, 0.717) is 12.6 Å². The smallest absolute Gasteiger partial charge is 0.147 e. The molecule has 7 heteroatoms. The van der Waals surface area contributed by atoms with Gasteiger partial charge in [0.1, 0.15) is 23.9 Å². The Labute approximate surface area is 183 Å². The Bertz CT molecular complexity index is 1090. The van der Waals surface area contributed by atoms with Gasteiger partial charge in [0.05, 0.1) is 18.1 Å². The molecule has 2 aliphatic rings. The molecule has 1 saturated heterocycles. The number of H-pyrrole nitrogens is 1. The maximum Gasteiger partial charge on any atom is 0.147 e. The molecule has 0 aliphatic carbocycles. The van der Waals surface area contributed by atoms with Gasteiger partial charge in [0, 0.05) is 41.5 Å². The molecular formula is C24H30N6O. The molecule has 3 aromatic rings. The van der Waals surface area contributed by atoms with Gasteiger partial charge in [0.15, 0.2) is 0 Å². The summed E-state index contributed by atoms with van der Waals surface area (Å²) >= 11 is 0. The first-order valence-electron chi connectivity index (χ1n) is 10.9. The fourth-order valence-electron chi connectivity index (χ4n) is 5.21. The molecule has 0 spiro atoms. The second kappa shape index (κ2) is 7.05. The van der Waals surface area contributed by atoms with Gasteiger partial charge in [-0.3, -0.25) is 10.1 Å². The first-order chi connectivity index (χ1) is 14.7. The fourth-order valence-corrected chi connectivity index (χ4v) is 5.21. The van der Waals surface area contributed by atoms with Gasteiger partial charge in [0.2, 0.25) is 0 Å². The number of aromatic amines is 1. The summed E-state index contributed by atoms with van der Waals surface area (Å²) in [4.78, 5) is 12.1. The van der Waals surface area contributed by atoms with Gasteiger partial charge in [-0.1, -0.05) is 6.07 Å². The van der Waals surface area contributed by atoms with Crippen molar-refractivity contribution in [1.82, 2.24) is 25.5 Å². The molecule has 0 bridgehead atoms. The van der Waals surface area contributed by atoms with E-state index in [9.17, 15) is 0 Å². The summed E-state index contributed by atoms with van der Waals surface area (Å²) in [6.45, 7) is 9.52. The van der Waals surface area contributed by atoms with E-state index in [1.165, 1.54) is 0 Å². The van der Waals surface area contributed by atoms with Crippen LogP contribution in [0, 0.1) is 0 Å². The standard InChI is InChI=1S/C24H30N6O/c1-23(2)9-17(10-24(3,4)29-23)30(5)21-13-25-22-18-7-6-15(16-11-26-27-12-16)8-20(18)31-14-19(22)28-21/h6-8,11-13,17,29H,9-10,14H2,1-5H3,(H,26,27). The van der Waals surface area contributed by atoms with Crippen molar-refractivity contribution >= 4 is 5.82 Å². The normalized spacial score (nSPS) is 19.3. The molecule has 2 aromatic heterocycles. The third kappa shape index (κ3) is 3.78. The van der Waals surface area contributed by atoms with Crippen LogP contribution in [0.25, 0.3) is 22.4 Å². The largest absolute Gasteiger partial charge is 0.486 e. The van der Waals surface area contributed by atoms with E-state index in [1.54, 1.807) is 0 Å². The number of rotatable bonds is 3. The Morgan fingerprint density at radius 1 is 1.06 bits per heavy atom. The Kier molecular flexibility index (Phi) is 4.55. The first-order valence-corrected chi connectivity index (χ1v) is 10.9. The van der Waals surface area contributed by atoms with Crippen molar-refractivity contribution in [1.29, 1.82) is 0 Å². The Morgan fingerprint density at radius 2 is 1.84 bits per heavy atom. The molecular weight excluding hydrogens is 388 g/mol. The lowest BCUT2D eigenvalue weighted by Crippen LogP contribution is -2.62. The van der Waals surface area contributed by atoms with Gasteiger partial charge in [-0.2, -0.15) is 5.10 Å². The van der Waals surface area contributed by atoms with Crippen LogP contribution >= 0.6 is 0 Å². The average Bonchev–Trinajstić information content (AvgIpc) is 3.25. The van der Waals surface area contributed by atoms with E-state index in [2.05, 4.69) is 67.3 Å². The van der Waals surface area contributed by atoms with Crippen molar-refractivity contribution in [2.75, 3.05) is 11.9 Å². The van der Waals surface area contributed by atoms with Gasteiger partial charge in [0.25, 0.3) is 0 Å². The zero-order valence-electron chi connectivity index (χ0n) is 18.9. The van der Waals surface area contributed by atoms with E-state index in [0.717, 1.165) is 52.5 Å². The number of aromatic nitrogens is 4. The number of anilines is 1. The number of piperidine rings is 1. The van der Waals surface area contributed by atoms with Crippen LogP contribution in [0.5, 0.6) is 5.75 Å². The van der Waals surface area contributed by atoms with Gasteiger partial charge < -0.3 is 15.0 Å². The SMILES string of the molecule is CN(c1cnc2c(n1)COc1cc(-c3cn[nH]c3)ccc1-2)C1CC(C)(C)NC(C)(C)C1. The molecule has 0 atom stereocenters. The predicted molar refractivity (Wildman–Crippen MR) is 122 cm³/mol. The van der Waals surface area contributed by atoms with Crippen molar-refractivity contribution < 1.29 is 4.74 Å². The number of ether oxygens (including phenoxy) is 1. The Hall–Kier alpha value is -2.93. The third-order valence-electron chi connectivity index (χ3n) is 6.34. The zero-order valence-corrected chi connectivity index (χ0v) is 18.9. The van der Waals surface area contributed by atoms with E-state index in [4.69, 9.17) is 14.7 Å². The molecule has 0 unspecified atom stereocenters. The van der Waals surface area contributed by atoms with E-state index in [-0.39, 0.29) is 11.1 Å². The summed E-state index contributed by atoms with van der Waals surface area (Å²) in [5, 5.41) is 10.6. The second-order valence-electron chi connectivity index (χ2n) is 10.1. The van der Waals surface area contributed by atoms with Crippen molar-refractivity contribution in [3.05, 3.63) is 42.5 Å². The molecule has 1 fully saturated rings. The van der Waals surface area contributed by atoms with E-state index in [1.807, 2.05) is 24.7 Å². The van der Waals surface area contributed by atoms with Gasteiger partial charge >= 0.3 is 0 Å². The van der Waals surface area contributed by atoms with Crippen LogP contribution in [0.15, 0.2) is 36.8 Å². The van der Waals surface area contributed by atoms with E-state index >= 15 is 0 Å².